The number of para-hydroxylation sites is 1. The fraction of sp³-hybridized carbons (Fsp3) is 0.0769. The zero-order valence-corrected chi connectivity index (χ0v) is 11.8. The van der Waals surface area contributed by atoms with Crippen LogP contribution in [0.2, 0.25) is 0 Å². The summed E-state index contributed by atoms with van der Waals surface area (Å²) >= 11 is 5.37. The van der Waals surface area contributed by atoms with Crippen molar-refractivity contribution >= 4 is 40.5 Å². The molecule has 0 spiro atoms. The maximum absolute atomic E-state index is 12.5. The molecule has 20 heavy (non-hydrogen) atoms. The van der Waals surface area contributed by atoms with Crippen molar-refractivity contribution in [3.63, 3.8) is 0 Å². The van der Waals surface area contributed by atoms with Crippen LogP contribution in [-0.4, -0.2) is 15.7 Å². The molecule has 3 N–H and O–H groups in total. The Morgan fingerprint density at radius 1 is 1.30 bits per heavy atom. The van der Waals surface area contributed by atoms with Crippen LogP contribution in [0, 0.1) is 0 Å². The van der Waals surface area contributed by atoms with Crippen LogP contribution in [0.15, 0.2) is 47.5 Å². The Bertz CT molecular complexity index is 620. The minimum absolute atomic E-state index is 0.255. The molecule has 0 aliphatic rings. The van der Waals surface area contributed by atoms with E-state index < -0.39 is 5.76 Å². The zero-order chi connectivity index (χ0) is 14.5. The smallest absolute Gasteiger partial charge is 0.288 e. The number of pyridine rings is 1. The Hall–Kier alpha value is -1.73. The maximum Gasteiger partial charge on any atom is 0.288 e. The van der Waals surface area contributed by atoms with Gasteiger partial charge in [0.2, 0.25) is 0 Å². The maximum atomic E-state index is 12.5. The first-order valence-electron chi connectivity index (χ1n) is 5.63. The van der Waals surface area contributed by atoms with Gasteiger partial charge in [0.05, 0.1) is 5.69 Å². The molecule has 0 aliphatic carbocycles. The largest absolute Gasteiger partial charge is 0.389 e. The quantitative estimate of drug-likeness (QED) is 0.650. The van der Waals surface area contributed by atoms with E-state index in [0.29, 0.717) is 33.7 Å². The summed E-state index contributed by atoms with van der Waals surface area (Å²) in [6.45, 7) is 0. The second-order valence-corrected chi connectivity index (χ2v) is 5.27. The predicted octanol–water partition coefficient (Wildman–Crippen LogP) is 3.77. The van der Waals surface area contributed by atoms with Gasteiger partial charge in [-0.15, -0.1) is 0 Å². The van der Waals surface area contributed by atoms with E-state index in [1.54, 1.807) is 42.6 Å². The average Bonchev–Trinajstić information content (AvgIpc) is 2.41. The number of alkyl halides is 2. The van der Waals surface area contributed by atoms with Gasteiger partial charge in [0.1, 0.15) is 10.8 Å². The summed E-state index contributed by atoms with van der Waals surface area (Å²) in [5.74, 6) is -1.98. The summed E-state index contributed by atoms with van der Waals surface area (Å²) in [5, 5.41) is 2.99. The lowest BCUT2D eigenvalue weighted by atomic mass is 10.2. The highest BCUT2D eigenvalue weighted by Gasteiger charge is 2.10. The molecule has 1 aromatic carbocycles. The Kier molecular flexibility index (Phi) is 4.86. The number of thiocarbonyl (C=S) groups is 1. The third-order valence-corrected chi connectivity index (χ3v) is 3.43. The van der Waals surface area contributed by atoms with E-state index in [0.717, 1.165) is 0 Å². The predicted molar refractivity (Wildman–Crippen MR) is 81.7 cm³/mol. The van der Waals surface area contributed by atoms with Crippen LogP contribution >= 0.6 is 24.0 Å². The van der Waals surface area contributed by atoms with Gasteiger partial charge >= 0.3 is 0 Å². The molecule has 0 fully saturated rings. The van der Waals surface area contributed by atoms with Gasteiger partial charge in [0.25, 0.3) is 5.76 Å². The van der Waals surface area contributed by atoms with Crippen LogP contribution in [0.25, 0.3) is 0 Å². The van der Waals surface area contributed by atoms with Gasteiger partial charge in [0, 0.05) is 16.7 Å². The Morgan fingerprint density at radius 2 is 2.05 bits per heavy atom. The Morgan fingerprint density at radius 3 is 2.75 bits per heavy atom. The van der Waals surface area contributed by atoms with Gasteiger partial charge in [-0.2, -0.15) is 8.78 Å². The third-order valence-electron chi connectivity index (χ3n) is 2.41. The van der Waals surface area contributed by atoms with Crippen molar-refractivity contribution in [3.05, 3.63) is 48.2 Å². The SMILES string of the molecule is NC(=S)c1ccnc(Nc2ccccc2SC(F)F)c1. The molecular weight excluding hydrogens is 300 g/mol. The van der Waals surface area contributed by atoms with Gasteiger partial charge in [-0.1, -0.05) is 36.1 Å². The number of hydrogen-bond donors (Lipinski definition) is 2. The topological polar surface area (TPSA) is 50.9 Å². The summed E-state index contributed by atoms with van der Waals surface area (Å²) in [7, 11) is 0. The lowest BCUT2D eigenvalue weighted by molar-refractivity contribution is 0.252. The monoisotopic (exact) mass is 311 g/mol. The van der Waals surface area contributed by atoms with Crippen LogP contribution < -0.4 is 11.1 Å². The molecule has 1 heterocycles. The van der Waals surface area contributed by atoms with E-state index in [2.05, 4.69) is 10.3 Å². The molecule has 0 atom stereocenters. The number of rotatable bonds is 5. The molecule has 0 amide bonds. The van der Waals surface area contributed by atoms with Crippen molar-refractivity contribution in [2.45, 2.75) is 10.7 Å². The summed E-state index contributed by atoms with van der Waals surface area (Å²) in [4.78, 5) is 4.82. The number of anilines is 2. The molecule has 7 heteroatoms. The standard InChI is InChI=1S/C13H11F2N3S2/c14-13(15)20-10-4-2-1-3-9(10)18-11-7-8(12(16)19)5-6-17-11/h1-7,13H,(H2,16,19)(H,17,18). The summed E-state index contributed by atoms with van der Waals surface area (Å²) in [5.41, 5.74) is 6.77. The number of nitrogens with zero attached hydrogens (tertiary/aromatic N) is 1. The molecule has 0 bridgehead atoms. The fourth-order valence-electron chi connectivity index (χ4n) is 1.56. The Labute approximate surface area is 124 Å². The van der Waals surface area contributed by atoms with Crippen LogP contribution in [0.3, 0.4) is 0 Å². The number of hydrogen-bond acceptors (Lipinski definition) is 4. The molecule has 0 radical (unpaired) electrons. The highest BCUT2D eigenvalue weighted by atomic mass is 32.2. The van der Waals surface area contributed by atoms with Gasteiger partial charge < -0.3 is 11.1 Å². The average molecular weight is 311 g/mol. The molecule has 1 aromatic heterocycles. The van der Waals surface area contributed by atoms with Crippen molar-refractivity contribution in [1.29, 1.82) is 0 Å². The number of thioether (sulfide) groups is 1. The molecule has 0 aliphatic heterocycles. The summed E-state index contributed by atoms with van der Waals surface area (Å²) in [6, 6.07) is 10.2. The van der Waals surface area contributed by atoms with E-state index in [1.807, 2.05) is 0 Å². The van der Waals surface area contributed by atoms with E-state index >= 15 is 0 Å². The second-order valence-electron chi connectivity index (χ2n) is 3.79. The molecule has 104 valence electrons. The zero-order valence-electron chi connectivity index (χ0n) is 10.2. The molecule has 3 nitrogen and oxygen atoms in total. The minimum atomic E-state index is -2.48. The highest BCUT2D eigenvalue weighted by Crippen LogP contribution is 2.32. The number of aromatic nitrogens is 1. The number of benzene rings is 1. The van der Waals surface area contributed by atoms with Crippen LogP contribution in [0.4, 0.5) is 20.3 Å². The van der Waals surface area contributed by atoms with Gasteiger partial charge in [0.15, 0.2) is 0 Å². The van der Waals surface area contributed by atoms with Gasteiger partial charge in [-0.05, 0) is 24.3 Å². The fourth-order valence-corrected chi connectivity index (χ4v) is 2.28. The van der Waals surface area contributed by atoms with Crippen LogP contribution in [-0.2, 0) is 0 Å². The minimum Gasteiger partial charge on any atom is -0.389 e. The van der Waals surface area contributed by atoms with Crippen molar-refractivity contribution in [1.82, 2.24) is 4.98 Å². The molecule has 2 rings (SSSR count). The molecule has 2 aromatic rings. The van der Waals surface area contributed by atoms with E-state index in [9.17, 15) is 8.78 Å². The van der Waals surface area contributed by atoms with E-state index in [-0.39, 0.29) is 4.99 Å². The van der Waals surface area contributed by atoms with Crippen molar-refractivity contribution in [3.8, 4) is 0 Å². The van der Waals surface area contributed by atoms with Gasteiger partial charge in [-0.25, -0.2) is 4.98 Å². The molecule has 0 saturated heterocycles. The third kappa shape index (κ3) is 3.88. The molecule has 0 saturated carbocycles. The van der Waals surface area contributed by atoms with Crippen LogP contribution in [0.1, 0.15) is 5.56 Å². The first-order chi connectivity index (χ1) is 9.56. The first-order valence-corrected chi connectivity index (χ1v) is 6.92. The second kappa shape index (κ2) is 6.62. The van der Waals surface area contributed by atoms with Crippen molar-refractivity contribution < 1.29 is 8.78 Å². The normalized spacial score (nSPS) is 10.6. The lowest BCUT2D eigenvalue weighted by Gasteiger charge is -2.11. The number of nitrogens with one attached hydrogen (secondary N) is 1. The van der Waals surface area contributed by atoms with E-state index in [4.69, 9.17) is 18.0 Å². The van der Waals surface area contributed by atoms with E-state index in [1.165, 1.54) is 0 Å². The number of nitrogens with two attached hydrogens (primary N) is 1. The van der Waals surface area contributed by atoms with Crippen molar-refractivity contribution in [2.24, 2.45) is 5.73 Å². The van der Waals surface area contributed by atoms with Crippen LogP contribution in [0.5, 0.6) is 0 Å². The Balaban J connectivity index is 2.25. The molecular formula is C13H11F2N3S2. The summed E-state index contributed by atoms with van der Waals surface area (Å²) < 4.78 is 25.0. The first kappa shape index (κ1) is 14.7. The van der Waals surface area contributed by atoms with Crippen molar-refractivity contribution in [2.75, 3.05) is 5.32 Å². The molecule has 0 unspecified atom stereocenters. The summed E-state index contributed by atoms with van der Waals surface area (Å²) in [6.07, 6.45) is 1.56. The van der Waals surface area contributed by atoms with Gasteiger partial charge in [-0.3, -0.25) is 0 Å². The number of halogens is 2. The lowest BCUT2D eigenvalue weighted by Crippen LogP contribution is -2.10. The highest BCUT2D eigenvalue weighted by molar-refractivity contribution is 7.99.